The summed E-state index contributed by atoms with van der Waals surface area (Å²) in [6.45, 7) is 10.9. The zero-order valence-corrected chi connectivity index (χ0v) is 18.9. The number of rotatable bonds is 3. The van der Waals surface area contributed by atoms with Crippen molar-refractivity contribution in [3.05, 3.63) is 115 Å². The second kappa shape index (κ2) is 8.05. The third-order valence-electron chi connectivity index (χ3n) is 6.10. The molecule has 0 saturated carbocycles. The average molecular weight is 417 g/mol. The summed E-state index contributed by atoms with van der Waals surface area (Å²) in [6.07, 6.45) is 10.7. The highest BCUT2D eigenvalue weighted by Gasteiger charge is 2.21. The topological polar surface area (TPSA) is 8.17 Å². The molecule has 1 atom stereocenters. The Balaban J connectivity index is 1.87. The molecule has 1 aliphatic rings. The summed E-state index contributed by atoms with van der Waals surface area (Å²) >= 11 is 0. The summed E-state index contributed by atoms with van der Waals surface area (Å²) in [5, 5.41) is 2.50. The maximum absolute atomic E-state index is 4.39. The molecule has 32 heavy (non-hydrogen) atoms. The summed E-state index contributed by atoms with van der Waals surface area (Å²) in [4.78, 5) is 2.35. The highest BCUT2D eigenvalue weighted by molar-refractivity contribution is 6.11. The Bertz CT molecular complexity index is 1410. The maximum atomic E-state index is 4.39. The van der Waals surface area contributed by atoms with Gasteiger partial charge in [0, 0.05) is 34.3 Å². The van der Waals surface area contributed by atoms with Gasteiger partial charge in [-0.1, -0.05) is 66.8 Å². The van der Waals surface area contributed by atoms with E-state index in [9.17, 15) is 0 Å². The molecule has 2 nitrogen and oxygen atoms in total. The van der Waals surface area contributed by atoms with Crippen molar-refractivity contribution < 1.29 is 0 Å². The Hall–Kier alpha value is -3.78. The van der Waals surface area contributed by atoms with Crippen LogP contribution in [0, 0.1) is 0 Å². The molecule has 2 heterocycles. The van der Waals surface area contributed by atoms with Gasteiger partial charge in [-0.2, -0.15) is 0 Å². The van der Waals surface area contributed by atoms with Gasteiger partial charge >= 0.3 is 0 Å². The van der Waals surface area contributed by atoms with Gasteiger partial charge in [0.1, 0.15) is 0 Å². The zero-order chi connectivity index (χ0) is 22.2. The summed E-state index contributed by atoms with van der Waals surface area (Å²) in [7, 11) is 0. The quantitative estimate of drug-likeness (QED) is 0.307. The maximum Gasteiger partial charge on any atom is 0.0562 e. The number of anilines is 1. The Labute approximate surface area is 190 Å². The molecule has 1 aliphatic heterocycles. The lowest BCUT2D eigenvalue weighted by Crippen LogP contribution is -2.27. The Morgan fingerprint density at radius 3 is 2.41 bits per heavy atom. The number of aromatic nitrogens is 1. The molecule has 2 heteroatoms. The van der Waals surface area contributed by atoms with Crippen molar-refractivity contribution in [2.45, 2.75) is 26.8 Å². The first-order chi connectivity index (χ1) is 15.5. The van der Waals surface area contributed by atoms with Crippen molar-refractivity contribution in [3.63, 3.8) is 0 Å². The molecule has 0 radical (unpaired) electrons. The van der Waals surface area contributed by atoms with Crippen LogP contribution in [0.25, 0.3) is 33.1 Å². The molecule has 3 aromatic carbocycles. The fraction of sp³-hybridized carbons (Fsp3) is 0.133. The zero-order valence-electron chi connectivity index (χ0n) is 18.9. The average Bonchev–Trinajstić information content (AvgIpc) is 3.10. The lowest BCUT2D eigenvalue weighted by atomic mass is 9.98. The van der Waals surface area contributed by atoms with Crippen molar-refractivity contribution in [3.8, 4) is 5.69 Å². The van der Waals surface area contributed by atoms with E-state index in [4.69, 9.17) is 0 Å². The van der Waals surface area contributed by atoms with Crippen LogP contribution in [0.1, 0.15) is 26.3 Å². The fourth-order valence-corrected chi connectivity index (χ4v) is 4.73. The fourth-order valence-electron chi connectivity index (χ4n) is 4.73. The van der Waals surface area contributed by atoms with E-state index < -0.39 is 0 Å². The molecule has 4 aromatic rings. The van der Waals surface area contributed by atoms with Gasteiger partial charge in [0.25, 0.3) is 0 Å². The SMILES string of the molecule is C=C1/C=C\C=C/N(C(C)C=C(C)C)c2cc3c(cc21)c1ccccc1n3-c1ccccc1. The molecule has 0 bridgehead atoms. The Kier molecular flexibility index (Phi) is 5.07. The van der Waals surface area contributed by atoms with Crippen LogP contribution in [-0.4, -0.2) is 10.6 Å². The number of hydrogen-bond donors (Lipinski definition) is 0. The smallest absolute Gasteiger partial charge is 0.0562 e. The number of para-hydroxylation sites is 2. The minimum absolute atomic E-state index is 0.223. The molecule has 1 unspecified atom stereocenters. The summed E-state index contributed by atoms with van der Waals surface area (Å²) in [5.41, 5.74) is 8.27. The predicted molar refractivity (Wildman–Crippen MR) is 139 cm³/mol. The van der Waals surface area contributed by atoms with Crippen molar-refractivity contribution in [2.75, 3.05) is 4.90 Å². The monoisotopic (exact) mass is 416 g/mol. The molecule has 158 valence electrons. The molecule has 0 aliphatic carbocycles. The third kappa shape index (κ3) is 3.38. The van der Waals surface area contributed by atoms with Gasteiger partial charge in [-0.25, -0.2) is 0 Å². The largest absolute Gasteiger partial charge is 0.341 e. The van der Waals surface area contributed by atoms with Crippen LogP contribution >= 0.6 is 0 Å². The Morgan fingerprint density at radius 1 is 0.875 bits per heavy atom. The second-order valence-corrected chi connectivity index (χ2v) is 8.69. The molecule has 5 rings (SSSR count). The molecule has 0 saturated heterocycles. The van der Waals surface area contributed by atoms with Gasteiger partial charge in [0.15, 0.2) is 0 Å². The first kappa shape index (κ1) is 20.1. The van der Waals surface area contributed by atoms with Gasteiger partial charge in [-0.3, -0.25) is 0 Å². The molecule has 0 fully saturated rings. The van der Waals surface area contributed by atoms with Crippen molar-refractivity contribution >= 4 is 33.1 Å². The first-order valence-electron chi connectivity index (χ1n) is 11.1. The van der Waals surface area contributed by atoms with Crippen LogP contribution in [-0.2, 0) is 0 Å². The van der Waals surface area contributed by atoms with Crippen LogP contribution in [0.15, 0.2) is 109 Å². The van der Waals surface area contributed by atoms with Gasteiger partial charge in [0.05, 0.1) is 16.7 Å². The van der Waals surface area contributed by atoms with E-state index in [0.717, 1.165) is 5.57 Å². The number of nitrogens with zero attached hydrogens (tertiary/aromatic N) is 2. The minimum Gasteiger partial charge on any atom is -0.341 e. The van der Waals surface area contributed by atoms with Gasteiger partial charge in [-0.15, -0.1) is 0 Å². The van der Waals surface area contributed by atoms with Crippen LogP contribution < -0.4 is 4.90 Å². The molecule has 0 spiro atoms. The van der Waals surface area contributed by atoms with E-state index >= 15 is 0 Å². The highest BCUT2D eigenvalue weighted by Crippen LogP contribution is 2.40. The molecule has 0 N–H and O–H groups in total. The van der Waals surface area contributed by atoms with Gasteiger partial charge in [0.2, 0.25) is 0 Å². The Morgan fingerprint density at radius 2 is 1.62 bits per heavy atom. The van der Waals surface area contributed by atoms with Gasteiger partial charge in [-0.05, 0) is 62.8 Å². The van der Waals surface area contributed by atoms with Crippen LogP contribution in [0.5, 0.6) is 0 Å². The predicted octanol–water partition coefficient (Wildman–Crippen LogP) is 8.04. The lowest BCUT2D eigenvalue weighted by molar-refractivity contribution is 0.847. The van der Waals surface area contributed by atoms with E-state index in [1.165, 1.54) is 44.3 Å². The van der Waals surface area contributed by atoms with E-state index in [-0.39, 0.29) is 6.04 Å². The van der Waals surface area contributed by atoms with Crippen molar-refractivity contribution in [2.24, 2.45) is 0 Å². The summed E-state index contributed by atoms with van der Waals surface area (Å²) < 4.78 is 2.37. The lowest BCUT2D eigenvalue weighted by Gasteiger charge is -2.30. The van der Waals surface area contributed by atoms with Crippen LogP contribution in [0.2, 0.25) is 0 Å². The molecular weight excluding hydrogens is 388 g/mol. The minimum atomic E-state index is 0.223. The number of allylic oxidation sites excluding steroid dienone is 5. The molecule has 1 aromatic heterocycles. The molecular formula is C30H28N2. The molecule has 0 amide bonds. The van der Waals surface area contributed by atoms with E-state index in [0.29, 0.717) is 0 Å². The first-order valence-corrected chi connectivity index (χ1v) is 11.1. The third-order valence-corrected chi connectivity index (χ3v) is 6.10. The van der Waals surface area contributed by atoms with Crippen molar-refractivity contribution in [1.82, 2.24) is 4.57 Å². The van der Waals surface area contributed by atoms with Crippen LogP contribution in [0.3, 0.4) is 0 Å². The number of fused-ring (bicyclic) bond motifs is 4. The number of hydrogen-bond acceptors (Lipinski definition) is 1. The summed E-state index contributed by atoms with van der Waals surface area (Å²) in [6, 6.07) is 24.1. The van der Waals surface area contributed by atoms with Gasteiger partial charge < -0.3 is 9.47 Å². The van der Waals surface area contributed by atoms with E-state index in [1.807, 2.05) is 0 Å². The van der Waals surface area contributed by atoms with Crippen molar-refractivity contribution in [1.29, 1.82) is 0 Å². The highest BCUT2D eigenvalue weighted by atomic mass is 15.1. The van der Waals surface area contributed by atoms with Crippen LogP contribution in [0.4, 0.5) is 5.69 Å². The summed E-state index contributed by atoms with van der Waals surface area (Å²) in [5.74, 6) is 0. The second-order valence-electron chi connectivity index (χ2n) is 8.69. The van der Waals surface area contributed by atoms with E-state index in [2.05, 4.69) is 134 Å². The number of benzene rings is 3. The normalized spacial score (nSPS) is 16.3. The van der Waals surface area contributed by atoms with E-state index in [1.54, 1.807) is 0 Å². The standard InChI is InChI=1S/C30H28N2/c1-21(2)18-23(4)31-17-11-10-12-22(3)26-19-27-25-15-8-9-16-28(25)32(30(27)20-29(26)31)24-13-6-5-7-14-24/h5-20,23H,3H2,1-2,4H3/b12-10-,17-11-.